The van der Waals surface area contributed by atoms with E-state index >= 15 is 0 Å². The third kappa shape index (κ3) is 4.39. The Morgan fingerprint density at radius 2 is 1.76 bits per heavy atom. The summed E-state index contributed by atoms with van der Waals surface area (Å²) in [5, 5.41) is 8.70. The monoisotopic (exact) mass is 452 g/mol. The van der Waals surface area contributed by atoms with Crippen LogP contribution < -0.4 is 10.2 Å². The smallest absolute Gasteiger partial charge is 0.416 e. The predicted octanol–water partition coefficient (Wildman–Crippen LogP) is 4.89. The van der Waals surface area contributed by atoms with Crippen LogP contribution in [0.5, 0.6) is 5.75 Å². The number of rotatable bonds is 6. The van der Waals surface area contributed by atoms with Crippen LogP contribution in [0, 0.1) is 5.92 Å². The average Bonchev–Trinajstić information content (AvgIpc) is 3.52. The fourth-order valence-electron chi connectivity index (χ4n) is 3.45. The van der Waals surface area contributed by atoms with Crippen molar-refractivity contribution >= 4 is 0 Å². The van der Waals surface area contributed by atoms with Crippen molar-refractivity contribution in [3.63, 3.8) is 0 Å². The Labute approximate surface area is 186 Å². The normalized spacial score (nSPS) is 13.8. The van der Waals surface area contributed by atoms with E-state index in [1.807, 2.05) is 30.3 Å². The van der Waals surface area contributed by atoms with E-state index in [1.54, 1.807) is 10.7 Å². The van der Waals surface area contributed by atoms with Crippen LogP contribution in [0.1, 0.15) is 18.4 Å². The maximum atomic E-state index is 13.3. The second kappa shape index (κ2) is 8.23. The zero-order chi connectivity index (χ0) is 23.0. The van der Waals surface area contributed by atoms with Crippen LogP contribution in [0.3, 0.4) is 0 Å². The highest BCUT2D eigenvalue weighted by atomic mass is 19.4. The van der Waals surface area contributed by atoms with E-state index in [-0.39, 0.29) is 17.1 Å². The lowest BCUT2D eigenvalue weighted by molar-refractivity contribution is -0.137. The van der Waals surface area contributed by atoms with Gasteiger partial charge >= 0.3 is 6.18 Å². The topological polar surface area (TPSA) is 61.9 Å². The number of halogens is 3. The molecule has 2 aromatic carbocycles. The highest BCUT2D eigenvalue weighted by molar-refractivity contribution is 5.59. The van der Waals surface area contributed by atoms with E-state index in [4.69, 9.17) is 4.74 Å². The maximum Gasteiger partial charge on any atom is 0.416 e. The second-order valence-corrected chi connectivity index (χ2v) is 7.88. The van der Waals surface area contributed by atoms with Gasteiger partial charge in [-0.15, -0.1) is 0 Å². The predicted molar refractivity (Wildman–Crippen MR) is 116 cm³/mol. The minimum Gasteiger partial charge on any atom is -0.488 e. The number of nitrogens with zero attached hydrogens (tertiary/aromatic N) is 4. The van der Waals surface area contributed by atoms with E-state index in [9.17, 15) is 18.0 Å². The van der Waals surface area contributed by atoms with Gasteiger partial charge in [0.05, 0.1) is 41.6 Å². The molecule has 1 aliphatic carbocycles. The molecule has 0 unspecified atom stereocenters. The third-order valence-electron chi connectivity index (χ3n) is 5.38. The van der Waals surface area contributed by atoms with Gasteiger partial charge in [0.2, 0.25) is 0 Å². The molecule has 0 aliphatic heterocycles. The fraction of sp³-hybridized carbons (Fsp3) is 0.208. The van der Waals surface area contributed by atoms with Crippen LogP contribution >= 0.6 is 0 Å². The summed E-state index contributed by atoms with van der Waals surface area (Å²) in [6.45, 7) is 0.374. The summed E-state index contributed by atoms with van der Waals surface area (Å²) >= 11 is 0. The zero-order valence-electron chi connectivity index (χ0n) is 17.4. The zero-order valence-corrected chi connectivity index (χ0v) is 17.4. The molecule has 0 amide bonds. The molecular weight excluding hydrogens is 433 g/mol. The highest BCUT2D eigenvalue weighted by Gasteiger charge is 2.31. The van der Waals surface area contributed by atoms with Crippen LogP contribution in [0.25, 0.3) is 22.8 Å². The molecule has 0 saturated heterocycles. The van der Waals surface area contributed by atoms with E-state index < -0.39 is 17.2 Å². The largest absolute Gasteiger partial charge is 0.488 e. The number of hydrogen-bond acceptors (Lipinski definition) is 4. The number of aromatic nitrogens is 4. The van der Waals surface area contributed by atoms with Crippen LogP contribution in [-0.4, -0.2) is 26.2 Å². The van der Waals surface area contributed by atoms with Crippen molar-refractivity contribution in [3.8, 4) is 28.5 Å². The summed E-state index contributed by atoms with van der Waals surface area (Å²) < 4.78 is 48.4. The summed E-state index contributed by atoms with van der Waals surface area (Å²) in [4.78, 5) is 13.3. The first kappa shape index (κ1) is 21.0. The van der Waals surface area contributed by atoms with Gasteiger partial charge in [-0.3, -0.25) is 4.79 Å². The number of hydrogen-bond donors (Lipinski definition) is 0. The Morgan fingerprint density at radius 3 is 2.48 bits per heavy atom. The molecule has 2 heterocycles. The number of benzene rings is 2. The van der Waals surface area contributed by atoms with Crippen molar-refractivity contribution in [3.05, 3.63) is 88.8 Å². The molecule has 0 bridgehead atoms. The molecule has 6 nitrogen and oxygen atoms in total. The van der Waals surface area contributed by atoms with Crippen molar-refractivity contribution in [2.45, 2.75) is 19.0 Å². The third-order valence-corrected chi connectivity index (χ3v) is 5.38. The molecule has 5 rings (SSSR count). The van der Waals surface area contributed by atoms with E-state index in [0.717, 1.165) is 25.0 Å². The second-order valence-electron chi connectivity index (χ2n) is 7.88. The van der Waals surface area contributed by atoms with Crippen LogP contribution in [0.15, 0.2) is 77.9 Å². The van der Waals surface area contributed by atoms with E-state index in [1.165, 1.54) is 29.2 Å². The summed E-state index contributed by atoms with van der Waals surface area (Å²) in [6, 6.07) is 15.6. The van der Waals surface area contributed by atoms with E-state index in [0.29, 0.717) is 23.9 Å². The first-order valence-electron chi connectivity index (χ1n) is 10.4. The van der Waals surface area contributed by atoms with Crippen molar-refractivity contribution in [2.24, 2.45) is 5.92 Å². The maximum absolute atomic E-state index is 13.3. The van der Waals surface area contributed by atoms with Crippen LogP contribution in [0.2, 0.25) is 0 Å². The lowest BCUT2D eigenvalue weighted by Crippen LogP contribution is -2.19. The summed E-state index contributed by atoms with van der Waals surface area (Å²) in [6.07, 6.45) is 0.429. The number of alkyl halides is 3. The molecule has 2 aromatic heterocycles. The molecule has 1 aliphatic rings. The van der Waals surface area contributed by atoms with Crippen molar-refractivity contribution in [1.82, 2.24) is 19.6 Å². The van der Waals surface area contributed by atoms with Crippen LogP contribution in [-0.2, 0) is 6.18 Å². The van der Waals surface area contributed by atoms with Gasteiger partial charge < -0.3 is 4.74 Å². The van der Waals surface area contributed by atoms with Gasteiger partial charge in [0.15, 0.2) is 11.4 Å². The Bertz CT molecular complexity index is 1340. The van der Waals surface area contributed by atoms with Crippen molar-refractivity contribution in [2.75, 3.05) is 6.61 Å². The van der Waals surface area contributed by atoms with Crippen LogP contribution in [0.4, 0.5) is 13.2 Å². The fourth-order valence-corrected chi connectivity index (χ4v) is 3.45. The first-order valence-corrected chi connectivity index (χ1v) is 10.4. The van der Waals surface area contributed by atoms with Gasteiger partial charge in [-0.1, -0.05) is 24.3 Å². The lowest BCUT2D eigenvalue weighted by Gasteiger charge is -2.14. The number of ether oxygens (including phenoxy) is 1. The molecular formula is C24H19F3N4O2. The van der Waals surface area contributed by atoms with Crippen molar-refractivity contribution < 1.29 is 17.9 Å². The van der Waals surface area contributed by atoms with Gasteiger partial charge in [0.25, 0.3) is 5.43 Å². The number of para-hydroxylation sites is 1. The summed E-state index contributed by atoms with van der Waals surface area (Å²) in [5.41, 5.74) is 0.0565. The molecule has 1 saturated carbocycles. The first-order chi connectivity index (χ1) is 15.9. The molecule has 0 spiro atoms. The summed E-state index contributed by atoms with van der Waals surface area (Å²) in [7, 11) is 0. The van der Waals surface area contributed by atoms with Gasteiger partial charge in [0, 0.05) is 0 Å². The molecule has 0 radical (unpaired) electrons. The van der Waals surface area contributed by atoms with E-state index in [2.05, 4.69) is 10.2 Å². The van der Waals surface area contributed by atoms with Crippen molar-refractivity contribution in [1.29, 1.82) is 0 Å². The molecule has 0 atom stereocenters. The molecule has 168 valence electrons. The molecule has 0 N–H and O–H groups in total. The molecule has 9 heteroatoms. The Kier molecular flexibility index (Phi) is 5.24. The highest BCUT2D eigenvalue weighted by Crippen LogP contribution is 2.31. The summed E-state index contributed by atoms with van der Waals surface area (Å²) in [5.74, 6) is 0.419. The van der Waals surface area contributed by atoms with Gasteiger partial charge in [-0.25, -0.2) is 9.36 Å². The average molecular weight is 452 g/mol. The Morgan fingerprint density at radius 1 is 1.00 bits per heavy atom. The minimum atomic E-state index is -4.50. The lowest BCUT2D eigenvalue weighted by atomic mass is 10.2. The van der Waals surface area contributed by atoms with Gasteiger partial charge in [-0.2, -0.15) is 23.4 Å². The van der Waals surface area contributed by atoms with Gasteiger partial charge in [-0.05, 0) is 55.2 Å². The SMILES string of the molecule is O=c1c(OCC2CC2)cn(-c2cccc(C(F)(F)F)c2)nc1-c1ccnn1-c1ccccc1. The van der Waals surface area contributed by atoms with Gasteiger partial charge in [0.1, 0.15) is 0 Å². The Hall–Kier alpha value is -3.88. The molecule has 33 heavy (non-hydrogen) atoms. The quantitative estimate of drug-likeness (QED) is 0.418. The minimum absolute atomic E-state index is 0.0297. The molecule has 1 fully saturated rings. The Balaban J connectivity index is 1.65. The standard InChI is InChI=1S/C24H19F3N4O2/c25-24(26,27)17-5-4-8-19(13-17)30-14-21(33-15-16-9-10-16)23(32)22(29-30)20-11-12-28-31(20)18-6-2-1-3-7-18/h1-8,11-14,16H,9-10,15H2. The molecule has 4 aromatic rings.